The van der Waals surface area contributed by atoms with Gasteiger partial charge in [0.1, 0.15) is 5.82 Å². The van der Waals surface area contributed by atoms with Crippen LogP contribution in [-0.2, 0) is 6.54 Å². The van der Waals surface area contributed by atoms with Crippen molar-refractivity contribution in [2.45, 2.75) is 6.54 Å². The molecule has 0 aliphatic heterocycles. The van der Waals surface area contributed by atoms with Crippen molar-refractivity contribution in [1.29, 1.82) is 0 Å². The Balaban J connectivity index is 1.87. The molecule has 1 aromatic carbocycles. The Kier molecular flexibility index (Phi) is 4.58. The zero-order valence-electron chi connectivity index (χ0n) is 14.4. The Labute approximate surface area is 155 Å². The Morgan fingerprint density at radius 2 is 1.37 bits per heavy atom. The summed E-state index contributed by atoms with van der Waals surface area (Å²) >= 11 is 0. The number of hydrogen-bond donors (Lipinski definition) is 0. The topological polar surface area (TPSA) is 47.8 Å². The lowest BCUT2D eigenvalue weighted by molar-refractivity contribution is 0.628. The van der Waals surface area contributed by atoms with Gasteiger partial charge in [-0.15, -0.1) is 0 Å². The van der Waals surface area contributed by atoms with Gasteiger partial charge < -0.3 is 4.57 Å². The number of pyridine rings is 3. The minimum absolute atomic E-state index is 0.121. The van der Waals surface area contributed by atoms with Gasteiger partial charge in [0.15, 0.2) is 0 Å². The largest absolute Gasteiger partial charge is 0.310 e. The average Bonchev–Trinajstić information content (AvgIpc) is 2.71. The predicted molar refractivity (Wildman–Crippen MR) is 103 cm³/mol. The second-order valence-electron chi connectivity index (χ2n) is 6.17. The first-order valence-electron chi connectivity index (χ1n) is 8.50. The van der Waals surface area contributed by atoms with E-state index >= 15 is 0 Å². The van der Waals surface area contributed by atoms with Crippen LogP contribution in [0.2, 0.25) is 0 Å². The molecule has 0 atom stereocenters. The zero-order chi connectivity index (χ0) is 18.6. The van der Waals surface area contributed by atoms with E-state index in [1.807, 2.05) is 30.5 Å². The van der Waals surface area contributed by atoms with Crippen molar-refractivity contribution in [2.75, 3.05) is 0 Å². The molecule has 132 valence electrons. The van der Waals surface area contributed by atoms with E-state index in [9.17, 15) is 9.18 Å². The third-order valence-electron chi connectivity index (χ3n) is 4.37. The fraction of sp³-hybridized carbons (Fsp3) is 0.0455. The van der Waals surface area contributed by atoms with E-state index in [0.717, 1.165) is 27.8 Å². The third kappa shape index (κ3) is 3.67. The van der Waals surface area contributed by atoms with E-state index in [2.05, 4.69) is 9.97 Å². The summed E-state index contributed by atoms with van der Waals surface area (Å²) in [6.45, 7) is 0.448. The lowest BCUT2D eigenvalue weighted by Crippen LogP contribution is -2.20. The Bertz CT molecular complexity index is 1110. The lowest BCUT2D eigenvalue weighted by atomic mass is 9.97. The minimum Gasteiger partial charge on any atom is -0.310 e. The smallest absolute Gasteiger partial charge is 0.251 e. The molecule has 4 nitrogen and oxygen atoms in total. The number of hydrogen-bond acceptors (Lipinski definition) is 3. The van der Waals surface area contributed by atoms with Crippen molar-refractivity contribution in [3.63, 3.8) is 0 Å². The molecule has 5 heteroatoms. The van der Waals surface area contributed by atoms with Gasteiger partial charge in [-0.3, -0.25) is 14.8 Å². The van der Waals surface area contributed by atoms with Gasteiger partial charge in [0.2, 0.25) is 0 Å². The molecule has 3 aromatic heterocycles. The number of aromatic nitrogens is 3. The summed E-state index contributed by atoms with van der Waals surface area (Å²) in [5.41, 5.74) is 4.24. The van der Waals surface area contributed by atoms with Gasteiger partial charge in [-0.05, 0) is 58.7 Å². The van der Waals surface area contributed by atoms with E-state index in [1.54, 1.807) is 47.6 Å². The molecule has 0 N–H and O–H groups in total. The first-order chi connectivity index (χ1) is 13.2. The molecule has 0 unspecified atom stereocenters. The van der Waals surface area contributed by atoms with Gasteiger partial charge in [0.05, 0.1) is 6.54 Å². The molecule has 3 heterocycles. The molecule has 27 heavy (non-hydrogen) atoms. The number of nitrogens with zero attached hydrogens (tertiary/aromatic N) is 3. The molecule has 4 aromatic rings. The first kappa shape index (κ1) is 16.8. The monoisotopic (exact) mass is 357 g/mol. The Morgan fingerprint density at radius 3 is 2.04 bits per heavy atom. The van der Waals surface area contributed by atoms with Crippen LogP contribution in [0.15, 0.2) is 90.4 Å². The van der Waals surface area contributed by atoms with Gasteiger partial charge >= 0.3 is 0 Å². The molecule has 0 aliphatic rings. The van der Waals surface area contributed by atoms with Crippen LogP contribution in [0.3, 0.4) is 0 Å². The maximum atomic E-state index is 13.3. The molecule has 0 spiro atoms. The van der Waals surface area contributed by atoms with Gasteiger partial charge in [-0.1, -0.05) is 12.1 Å². The molecule has 0 bridgehead atoms. The highest BCUT2D eigenvalue weighted by Gasteiger charge is 2.12. The maximum Gasteiger partial charge on any atom is 0.251 e. The molecule has 0 aliphatic carbocycles. The summed E-state index contributed by atoms with van der Waals surface area (Å²) in [4.78, 5) is 20.8. The second-order valence-corrected chi connectivity index (χ2v) is 6.17. The van der Waals surface area contributed by atoms with Crippen LogP contribution in [0.5, 0.6) is 0 Å². The summed E-state index contributed by atoms with van der Waals surface area (Å²) in [6.07, 6.45) is 8.68. The SMILES string of the molecule is O=c1cc(-c2ccc(F)cc2)c(-c2ccncc2)cn1Cc1ccncc1. The Hall–Kier alpha value is -3.60. The first-order valence-corrected chi connectivity index (χ1v) is 8.50. The van der Waals surface area contributed by atoms with Crippen LogP contribution in [0.4, 0.5) is 4.39 Å². The van der Waals surface area contributed by atoms with E-state index in [-0.39, 0.29) is 11.4 Å². The van der Waals surface area contributed by atoms with E-state index in [0.29, 0.717) is 6.54 Å². The average molecular weight is 357 g/mol. The van der Waals surface area contributed by atoms with Crippen molar-refractivity contribution in [2.24, 2.45) is 0 Å². The van der Waals surface area contributed by atoms with Crippen LogP contribution in [0.1, 0.15) is 5.56 Å². The maximum absolute atomic E-state index is 13.3. The molecule has 0 saturated carbocycles. The summed E-state index contributed by atoms with van der Waals surface area (Å²) in [5, 5.41) is 0. The third-order valence-corrected chi connectivity index (χ3v) is 4.37. The van der Waals surface area contributed by atoms with Crippen molar-refractivity contribution in [1.82, 2.24) is 14.5 Å². The fourth-order valence-electron chi connectivity index (χ4n) is 3.01. The second kappa shape index (κ2) is 7.33. The van der Waals surface area contributed by atoms with E-state index in [1.165, 1.54) is 12.1 Å². The van der Waals surface area contributed by atoms with E-state index in [4.69, 9.17) is 0 Å². The van der Waals surface area contributed by atoms with Crippen molar-refractivity contribution >= 4 is 0 Å². The molecule has 0 fully saturated rings. The fourth-order valence-corrected chi connectivity index (χ4v) is 3.01. The highest BCUT2D eigenvalue weighted by atomic mass is 19.1. The molecule has 0 saturated heterocycles. The Morgan fingerprint density at radius 1 is 0.778 bits per heavy atom. The quantitative estimate of drug-likeness (QED) is 0.551. The van der Waals surface area contributed by atoms with Crippen LogP contribution >= 0.6 is 0 Å². The van der Waals surface area contributed by atoms with Crippen molar-refractivity contribution in [3.05, 3.63) is 107 Å². The summed E-state index contributed by atoms with van der Waals surface area (Å²) < 4.78 is 15.0. The summed E-state index contributed by atoms with van der Waals surface area (Å²) in [5.74, 6) is -0.310. The van der Waals surface area contributed by atoms with Crippen LogP contribution in [0.25, 0.3) is 22.3 Å². The minimum atomic E-state index is -0.310. The van der Waals surface area contributed by atoms with Gasteiger partial charge in [0.25, 0.3) is 5.56 Å². The van der Waals surface area contributed by atoms with Crippen LogP contribution in [0, 0.1) is 5.82 Å². The van der Waals surface area contributed by atoms with E-state index < -0.39 is 0 Å². The zero-order valence-corrected chi connectivity index (χ0v) is 14.4. The van der Waals surface area contributed by atoms with Gasteiger partial charge in [-0.25, -0.2) is 4.39 Å². The summed E-state index contributed by atoms with van der Waals surface area (Å²) in [6, 6.07) is 15.3. The number of halogens is 1. The lowest BCUT2D eigenvalue weighted by Gasteiger charge is -2.14. The molecule has 0 radical (unpaired) electrons. The standard InChI is InChI=1S/C22H16FN3O/c23-19-3-1-17(2-4-19)20-13-22(27)26(14-16-5-9-24-10-6-16)15-21(20)18-7-11-25-12-8-18/h1-13,15H,14H2. The normalized spacial score (nSPS) is 10.7. The molecular formula is C22H16FN3O. The molecule has 4 rings (SSSR count). The van der Waals surface area contributed by atoms with Crippen molar-refractivity contribution in [3.8, 4) is 22.3 Å². The highest BCUT2D eigenvalue weighted by Crippen LogP contribution is 2.30. The van der Waals surface area contributed by atoms with Crippen LogP contribution < -0.4 is 5.56 Å². The van der Waals surface area contributed by atoms with Gasteiger partial charge in [0, 0.05) is 42.6 Å². The number of rotatable bonds is 4. The highest BCUT2D eigenvalue weighted by molar-refractivity contribution is 5.82. The summed E-state index contributed by atoms with van der Waals surface area (Å²) in [7, 11) is 0. The van der Waals surface area contributed by atoms with Crippen molar-refractivity contribution < 1.29 is 4.39 Å². The number of benzene rings is 1. The van der Waals surface area contributed by atoms with Gasteiger partial charge in [-0.2, -0.15) is 0 Å². The molecule has 0 amide bonds. The molecular weight excluding hydrogens is 341 g/mol. The van der Waals surface area contributed by atoms with Crippen LogP contribution in [-0.4, -0.2) is 14.5 Å². The predicted octanol–water partition coefficient (Wildman–Crippen LogP) is 4.16.